The number of nitro benzene ring substituents is 1. The molecule has 0 fully saturated rings. The molecule has 0 heterocycles. The van der Waals surface area contributed by atoms with Gasteiger partial charge in [-0.2, -0.15) is 0 Å². The maximum absolute atomic E-state index is 11.7. The second-order valence-electron chi connectivity index (χ2n) is 4.07. The first-order valence-electron chi connectivity index (χ1n) is 5.20. The summed E-state index contributed by atoms with van der Waals surface area (Å²) in [6, 6.07) is 2.65. The number of nitrogens with one attached hydrogen (secondary N) is 1. The summed E-state index contributed by atoms with van der Waals surface area (Å²) >= 11 is 0. The molecule has 20 heavy (non-hydrogen) atoms. The van der Waals surface area contributed by atoms with Crippen LogP contribution in [-0.2, 0) is 19.1 Å². The van der Waals surface area contributed by atoms with Crippen LogP contribution in [0, 0.1) is 10.1 Å². The molecule has 0 aliphatic carbocycles. The van der Waals surface area contributed by atoms with E-state index in [-0.39, 0.29) is 5.69 Å². The Kier molecular flexibility index (Phi) is 4.62. The van der Waals surface area contributed by atoms with E-state index in [9.17, 15) is 26.9 Å². The molecule has 0 spiro atoms. The first kappa shape index (κ1) is 16.7. The molecule has 1 aromatic carbocycles. The zero-order valence-corrected chi connectivity index (χ0v) is 12.8. The van der Waals surface area contributed by atoms with Crippen LogP contribution in [0.2, 0.25) is 0 Å². The smallest absolute Gasteiger partial charge is 0.277 e. The molecular formula is C9H11ClN2O6S2. The lowest BCUT2D eigenvalue weighted by Gasteiger charge is -2.11. The lowest BCUT2D eigenvalue weighted by molar-refractivity contribution is -0.384. The lowest BCUT2D eigenvalue weighted by Crippen LogP contribution is -2.23. The average Bonchev–Trinajstić information content (AvgIpc) is 2.26. The van der Waals surface area contributed by atoms with Crippen molar-refractivity contribution in [2.24, 2.45) is 0 Å². The van der Waals surface area contributed by atoms with Crippen LogP contribution in [0.15, 0.2) is 23.1 Å². The number of benzene rings is 1. The van der Waals surface area contributed by atoms with Crippen LogP contribution >= 0.6 is 10.7 Å². The topological polar surface area (TPSA) is 123 Å². The largest absolute Gasteiger partial charge is 0.294 e. The van der Waals surface area contributed by atoms with Gasteiger partial charge in [-0.05, 0) is 26.0 Å². The third-order valence-corrected chi connectivity index (χ3v) is 5.42. The van der Waals surface area contributed by atoms with Crippen LogP contribution in [0.4, 0.5) is 11.4 Å². The summed E-state index contributed by atoms with van der Waals surface area (Å²) in [5.41, 5.74) is -1.02. The zero-order valence-electron chi connectivity index (χ0n) is 10.4. The molecule has 8 nitrogen and oxygen atoms in total. The van der Waals surface area contributed by atoms with E-state index in [0.29, 0.717) is 6.07 Å². The Hall–Kier alpha value is -1.39. The highest BCUT2D eigenvalue weighted by Gasteiger charge is 2.24. The SMILES string of the molecule is CC(C)S(=O)(=O)Nc1ccc(S(=O)(=O)Cl)cc1[N+](=O)[O-]. The molecule has 0 atom stereocenters. The van der Waals surface area contributed by atoms with Crippen molar-refractivity contribution in [2.75, 3.05) is 4.72 Å². The van der Waals surface area contributed by atoms with Crippen LogP contribution in [0.25, 0.3) is 0 Å². The summed E-state index contributed by atoms with van der Waals surface area (Å²) in [6.07, 6.45) is 0. The Balaban J connectivity index is 3.40. The van der Waals surface area contributed by atoms with Gasteiger partial charge >= 0.3 is 0 Å². The molecule has 0 amide bonds. The molecule has 0 aliphatic rings. The quantitative estimate of drug-likeness (QED) is 0.493. The second kappa shape index (κ2) is 5.54. The zero-order chi connectivity index (χ0) is 15.7. The van der Waals surface area contributed by atoms with Gasteiger partial charge in [0.25, 0.3) is 14.7 Å². The van der Waals surface area contributed by atoms with Gasteiger partial charge in [0.05, 0.1) is 15.1 Å². The van der Waals surface area contributed by atoms with E-state index in [4.69, 9.17) is 10.7 Å². The van der Waals surface area contributed by atoms with Crippen LogP contribution in [-0.4, -0.2) is 27.0 Å². The molecular weight excluding hydrogens is 332 g/mol. The fourth-order valence-corrected chi connectivity index (χ4v) is 2.66. The van der Waals surface area contributed by atoms with Crippen molar-refractivity contribution >= 4 is 41.1 Å². The first-order chi connectivity index (χ1) is 8.95. The van der Waals surface area contributed by atoms with E-state index < -0.39 is 39.8 Å². The summed E-state index contributed by atoms with van der Waals surface area (Å²) in [5.74, 6) is 0. The van der Waals surface area contributed by atoms with E-state index in [2.05, 4.69) is 0 Å². The summed E-state index contributed by atoms with van der Waals surface area (Å²) in [6.45, 7) is 2.79. The van der Waals surface area contributed by atoms with Crippen molar-refractivity contribution in [1.82, 2.24) is 0 Å². The molecule has 0 unspecified atom stereocenters. The van der Waals surface area contributed by atoms with Crippen molar-refractivity contribution in [3.8, 4) is 0 Å². The molecule has 0 saturated carbocycles. The Morgan fingerprint density at radius 2 is 1.80 bits per heavy atom. The molecule has 1 N–H and O–H groups in total. The molecule has 0 bridgehead atoms. The van der Waals surface area contributed by atoms with E-state index in [1.807, 2.05) is 4.72 Å². The molecule has 1 rings (SSSR count). The van der Waals surface area contributed by atoms with E-state index in [1.54, 1.807) is 0 Å². The van der Waals surface area contributed by atoms with Gasteiger partial charge < -0.3 is 0 Å². The highest BCUT2D eigenvalue weighted by atomic mass is 35.7. The van der Waals surface area contributed by atoms with Gasteiger partial charge in [0.2, 0.25) is 10.0 Å². The average molecular weight is 343 g/mol. The van der Waals surface area contributed by atoms with Crippen molar-refractivity contribution in [3.05, 3.63) is 28.3 Å². The summed E-state index contributed by atoms with van der Waals surface area (Å²) in [4.78, 5) is 9.50. The molecule has 1 aromatic rings. The molecule has 112 valence electrons. The van der Waals surface area contributed by atoms with Gasteiger partial charge in [-0.1, -0.05) is 0 Å². The van der Waals surface area contributed by atoms with Crippen molar-refractivity contribution in [3.63, 3.8) is 0 Å². The second-order valence-corrected chi connectivity index (χ2v) is 8.87. The predicted octanol–water partition coefficient (Wildman–Crippen LogP) is 1.67. The fourth-order valence-electron chi connectivity index (χ4n) is 1.17. The van der Waals surface area contributed by atoms with Crippen molar-refractivity contribution in [2.45, 2.75) is 24.0 Å². The first-order valence-corrected chi connectivity index (χ1v) is 9.05. The number of hydrogen-bond acceptors (Lipinski definition) is 6. The summed E-state index contributed by atoms with van der Waals surface area (Å²) in [5, 5.41) is 10.1. The normalized spacial score (nSPS) is 12.4. The van der Waals surface area contributed by atoms with Crippen LogP contribution < -0.4 is 4.72 Å². The third-order valence-electron chi connectivity index (χ3n) is 2.32. The molecule has 11 heteroatoms. The highest BCUT2D eigenvalue weighted by molar-refractivity contribution is 8.13. The minimum atomic E-state index is -4.15. The number of hydrogen-bond donors (Lipinski definition) is 1. The van der Waals surface area contributed by atoms with Gasteiger partial charge in [0.15, 0.2) is 0 Å². The summed E-state index contributed by atoms with van der Waals surface area (Å²) < 4.78 is 47.6. The van der Waals surface area contributed by atoms with Crippen molar-refractivity contribution < 1.29 is 21.8 Å². The number of anilines is 1. The standard InChI is InChI=1S/C9H11ClN2O6S2/c1-6(2)20(17,18)11-8-4-3-7(19(10,15)16)5-9(8)12(13)14/h3-6,11H,1-2H3. The van der Waals surface area contributed by atoms with E-state index in [0.717, 1.165) is 12.1 Å². The van der Waals surface area contributed by atoms with Gasteiger partial charge in [0.1, 0.15) is 5.69 Å². The monoisotopic (exact) mass is 342 g/mol. The number of rotatable bonds is 5. The Labute approximate surface area is 120 Å². The molecule has 0 aromatic heterocycles. The van der Waals surface area contributed by atoms with E-state index >= 15 is 0 Å². The Morgan fingerprint density at radius 1 is 1.25 bits per heavy atom. The fraction of sp³-hybridized carbons (Fsp3) is 0.333. The summed E-state index contributed by atoms with van der Waals surface area (Å²) in [7, 11) is -2.86. The van der Waals surface area contributed by atoms with E-state index in [1.165, 1.54) is 13.8 Å². The highest BCUT2D eigenvalue weighted by Crippen LogP contribution is 2.30. The van der Waals surface area contributed by atoms with Crippen LogP contribution in [0.5, 0.6) is 0 Å². The van der Waals surface area contributed by atoms with Gasteiger partial charge in [-0.15, -0.1) is 0 Å². The molecule has 0 saturated heterocycles. The number of nitrogens with zero attached hydrogens (tertiary/aromatic N) is 1. The minimum absolute atomic E-state index is 0.326. The maximum Gasteiger partial charge on any atom is 0.294 e. The maximum atomic E-state index is 11.7. The van der Waals surface area contributed by atoms with Crippen molar-refractivity contribution in [1.29, 1.82) is 0 Å². The van der Waals surface area contributed by atoms with Crippen LogP contribution in [0.3, 0.4) is 0 Å². The van der Waals surface area contributed by atoms with Crippen LogP contribution in [0.1, 0.15) is 13.8 Å². The van der Waals surface area contributed by atoms with Gasteiger partial charge in [0, 0.05) is 16.7 Å². The molecule has 0 aliphatic heterocycles. The number of halogens is 1. The number of nitro groups is 1. The third kappa shape index (κ3) is 3.81. The van der Waals surface area contributed by atoms with Gasteiger partial charge in [-0.3, -0.25) is 14.8 Å². The lowest BCUT2D eigenvalue weighted by atomic mass is 10.3. The predicted molar refractivity (Wildman–Crippen MR) is 73.8 cm³/mol. The minimum Gasteiger partial charge on any atom is -0.277 e. The van der Waals surface area contributed by atoms with Gasteiger partial charge in [-0.25, -0.2) is 16.8 Å². The Morgan fingerprint density at radius 3 is 2.20 bits per heavy atom. The molecule has 0 radical (unpaired) electrons. The number of sulfonamides is 1. The Bertz CT molecular complexity index is 742.